The van der Waals surface area contributed by atoms with Crippen LogP contribution in [0.25, 0.3) is 0 Å². The first-order valence-electron chi connectivity index (χ1n) is 1.10. The summed E-state index contributed by atoms with van der Waals surface area (Å²) >= 11 is 15.8. The fraction of sp³-hybridized carbons (Fsp3) is 0. The van der Waals surface area contributed by atoms with E-state index >= 15 is 0 Å². The van der Waals surface area contributed by atoms with Gasteiger partial charge < -0.3 is 9.11 Å². The van der Waals surface area contributed by atoms with Crippen LogP contribution >= 0.6 is 0 Å². The van der Waals surface area contributed by atoms with Crippen LogP contribution < -0.4 is 0 Å². The molecule has 0 amide bonds. The molecule has 0 spiro atoms. The zero-order chi connectivity index (χ0) is 7.15. The molecule has 0 unspecified atom stereocenters. The van der Waals surface area contributed by atoms with Crippen LogP contribution in [0.3, 0.4) is 0 Å². The molecular formula is H2BaO2S6. The summed E-state index contributed by atoms with van der Waals surface area (Å²) in [7, 11) is -3.41. The molecule has 0 saturated heterocycles. The summed E-state index contributed by atoms with van der Waals surface area (Å²) in [5.41, 5.74) is 0. The smallest absolute Gasteiger partial charge is 0.793 e. The van der Waals surface area contributed by atoms with Crippen molar-refractivity contribution in [3.8, 4) is 0 Å². The minimum absolute atomic E-state index is 0. The first kappa shape index (κ1) is 18.0. The fourth-order valence-corrected chi connectivity index (χ4v) is 0. The molecule has 0 saturated carbocycles. The van der Waals surface area contributed by atoms with Crippen molar-refractivity contribution in [2.24, 2.45) is 0 Å². The third-order valence-electron chi connectivity index (χ3n) is 0. The van der Waals surface area contributed by atoms with Crippen molar-refractivity contribution in [1.29, 1.82) is 0 Å². The maximum absolute atomic E-state index is 9.22. The molecule has 0 aromatic rings. The molecule has 0 aliphatic heterocycles. The Labute approximate surface area is 117 Å². The van der Waals surface area contributed by atoms with E-state index < -0.39 is 16.6 Å². The first-order valence-corrected chi connectivity index (χ1v) is 7.67. The van der Waals surface area contributed by atoms with Gasteiger partial charge in [-0.1, -0.05) is 44.8 Å². The second-order valence-electron chi connectivity index (χ2n) is 0.447. The molecule has 0 aliphatic carbocycles. The van der Waals surface area contributed by atoms with E-state index in [1.165, 1.54) is 0 Å². The molecule has 0 atom stereocenters. The molecule has 0 fully saturated rings. The van der Waals surface area contributed by atoms with E-state index in [2.05, 4.69) is 44.8 Å². The van der Waals surface area contributed by atoms with Gasteiger partial charge >= 0.3 is 48.9 Å². The second-order valence-corrected chi connectivity index (χ2v) is 6.71. The minimum atomic E-state index is -1.70. The topological polar surface area (TPSA) is 46.1 Å². The molecule has 0 heterocycles. The van der Waals surface area contributed by atoms with Crippen molar-refractivity contribution in [1.82, 2.24) is 0 Å². The molecule has 0 N–H and O–H groups in total. The standard InChI is InChI=1S/Ba.2H2OS3/c;2*1-4(2)3/h;2*4H,(H,1,2,3)/q+2;;/p-2. The average Bonchev–Trinajstić information content (AvgIpc) is 1.25. The van der Waals surface area contributed by atoms with Gasteiger partial charge in [-0.2, -0.15) is 16.6 Å². The molecule has 52 valence electrons. The monoisotopic (exact) mass is 364 g/mol. The van der Waals surface area contributed by atoms with E-state index in [1.807, 2.05) is 0 Å². The second kappa shape index (κ2) is 13.6. The normalized spacial score (nSPS) is 7.56. The third-order valence-corrected chi connectivity index (χ3v) is 0. The summed E-state index contributed by atoms with van der Waals surface area (Å²) in [5, 5.41) is 0. The van der Waals surface area contributed by atoms with Crippen molar-refractivity contribution in [2.75, 3.05) is 0 Å². The van der Waals surface area contributed by atoms with Gasteiger partial charge in [0.05, 0.1) is 0 Å². The van der Waals surface area contributed by atoms with Crippen molar-refractivity contribution >= 4 is 110 Å². The van der Waals surface area contributed by atoms with Crippen LogP contribution in [0, 0.1) is 0 Å². The fourth-order valence-electron chi connectivity index (χ4n) is 0. The predicted molar refractivity (Wildman–Crippen MR) is 54.3 cm³/mol. The van der Waals surface area contributed by atoms with E-state index in [0.717, 1.165) is 0 Å². The Balaban J connectivity index is -0.0000000720. The molecule has 9 heavy (non-hydrogen) atoms. The van der Waals surface area contributed by atoms with Crippen LogP contribution in [-0.2, 0) is 61.3 Å². The van der Waals surface area contributed by atoms with Gasteiger partial charge in [-0.25, -0.2) is 0 Å². The van der Waals surface area contributed by atoms with Crippen molar-refractivity contribution in [3.63, 3.8) is 0 Å². The number of hydrogen-bond donors (Lipinski definition) is 2. The van der Waals surface area contributed by atoms with Crippen LogP contribution in [0.2, 0.25) is 0 Å². The van der Waals surface area contributed by atoms with Crippen molar-refractivity contribution in [2.45, 2.75) is 0 Å². The van der Waals surface area contributed by atoms with Crippen LogP contribution in [0.5, 0.6) is 0 Å². The molecule has 9 heteroatoms. The first-order chi connectivity index (χ1) is 3.46. The maximum Gasteiger partial charge on any atom is 2.00 e. The van der Waals surface area contributed by atoms with Crippen molar-refractivity contribution in [3.05, 3.63) is 0 Å². The van der Waals surface area contributed by atoms with Gasteiger partial charge in [-0.15, -0.1) is 0 Å². The molecule has 0 aliphatic rings. The molecule has 0 bridgehead atoms. The molecular weight excluding hydrogens is 362 g/mol. The Hall–Kier alpha value is 3.07. The SMILES string of the molecule is [Ba+2].[O-][SH](=S)=S.[O-][SH](=S)=S. The van der Waals surface area contributed by atoms with Gasteiger partial charge in [0.15, 0.2) is 0 Å². The minimum Gasteiger partial charge on any atom is -0.793 e. The summed E-state index contributed by atoms with van der Waals surface area (Å²) < 4.78 is 18.4. The van der Waals surface area contributed by atoms with E-state index in [-0.39, 0.29) is 48.9 Å². The Morgan fingerprint density at radius 2 is 0.778 bits per heavy atom. The zero-order valence-electron chi connectivity index (χ0n) is 4.05. The Morgan fingerprint density at radius 3 is 0.778 bits per heavy atom. The molecule has 0 aromatic heterocycles. The average molecular weight is 364 g/mol. The number of thiol groups is 2. The Morgan fingerprint density at radius 1 is 0.778 bits per heavy atom. The summed E-state index contributed by atoms with van der Waals surface area (Å²) in [6, 6.07) is 0. The summed E-state index contributed by atoms with van der Waals surface area (Å²) in [5.74, 6) is 0. The van der Waals surface area contributed by atoms with Gasteiger partial charge in [0, 0.05) is 0 Å². The Bertz CT molecular complexity index is 128. The van der Waals surface area contributed by atoms with Crippen molar-refractivity contribution < 1.29 is 9.11 Å². The van der Waals surface area contributed by atoms with Crippen LogP contribution in [0.15, 0.2) is 0 Å². The van der Waals surface area contributed by atoms with Gasteiger partial charge in [-0.05, 0) is 0 Å². The quantitative estimate of drug-likeness (QED) is 0.399. The molecule has 2 nitrogen and oxygen atoms in total. The maximum atomic E-state index is 9.22. The molecule has 0 rings (SSSR count). The molecule has 0 aromatic carbocycles. The van der Waals surface area contributed by atoms with E-state index in [4.69, 9.17) is 0 Å². The number of rotatable bonds is 0. The van der Waals surface area contributed by atoms with E-state index in [9.17, 15) is 9.11 Å². The van der Waals surface area contributed by atoms with E-state index in [1.54, 1.807) is 0 Å². The van der Waals surface area contributed by atoms with Crippen LogP contribution in [0.1, 0.15) is 0 Å². The summed E-state index contributed by atoms with van der Waals surface area (Å²) in [6.45, 7) is 0. The van der Waals surface area contributed by atoms with E-state index in [0.29, 0.717) is 0 Å². The molecule has 0 radical (unpaired) electrons. The van der Waals surface area contributed by atoms with Crippen LogP contribution in [0.4, 0.5) is 0 Å². The van der Waals surface area contributed by atoms with Crippen LogP contribution in [-0.4, -0.2) is 58.0 Å². The summed E-state index contributed by atoms with van der Waals surface area (Å²) in [4.78, 5) is 0. The Kier molecular flexibility index (Phi) is 27.3. The summed E-state index contributed by atoms with van der Waals surface area (Å²) in [6.07, 6.45) is 0. The van der Waals surface area contributed by atoms with Gasteiger partial charge in [-0.3, -0.25) is 0 Å². The third kappa shape index (κ3) is 96.6. The predicted octanol–water partition coefficient (Wildman–Crippen LogP) is -1.60. The van der Waals surface area contributed by atoms with Gasteiger partial charge in [0.2, 0.25) is 0 Å². The van der Waals surface area contributed by atoms with Gasteiger partial charge in [0.1, 0.15) is 0 Å². The number of hydrogen-bond acceptors (Lipinski definition) is 6. The van der Waals surface area contributed by atoms with Gasteiger partial charge in [0.25, 0.3) is 0 Å². The largest absolute Gasteiger partial charge is 2.00 e. The zero-order valence-corrected chi connectivity index (χ0v) is 13.5.